The molecule has 3 nitrogen and oxygen atoms in total. The van der Waals surface area contributed by atoms with E-state index in [1.54, 1.807) is 0 Å². The van der Waals surface area contributed by atoms with Crippen molar-refractivity contribution in [1.29, 1.82) is 0 Å². The molecule has 16 heavy (non-hydrogen) atoms. The summed E-state index contributed by atoms with van der Waals surface area (Å²) < 4.78 is 2.02. The van der Waals surface area contributed by atoms with Gasteiger partial charge in [0.05, 0.1) is 0 Å². The molecule has 2 aromatic rings. The molecule has 0 aliphatic carbocycles. The van der Waals surface area contributed by atoms with Gasteiger partial charge >= 0.3 is 0 Å². The second-order valence-corrected chi connectivity index (χ2v) is 4.40. The summed E-state index contributed by atoms with van der Waals surface area (Å²) in [6.07, 6.45) is 6.03. The number of nitrogens with zero attached hydrogens (tertiary/aromatic N) is 3. The molecule has 3 rings (SSSR count). The standard InChI is InChI=1S/C13H15N3/c1-15-7-3-4-10-11-5-6-14-8-12(11)16(2)13(10)9-15/h5-6,8H,1-4,7,9H2/q-2. The Morgan fingerprint density at radius 2 is 2.19 bits per heavy atom. The fourth-order valence-electron chi connectivity index (χ4n) is 2.55. The minimum Gasteiger partial charge on any atom is -0.482 e. The summed E-state index contributed by atoms with van der Waals surface area (Å²) in [7, 11) is 8.16. The maximum atomic E-state index is 4.17. The van der Waals surface area contributed by atoms with Crippen LogP contribution in [0.2, 0.25) is 0 Å². The van der Waals surface area contributed by atoms with Gasteiger partial charge in [0.1, 0.15) is 0 Å². The molecular formula is C13H15N3-2. The van der Waals surface area contributed by atoms with Crippen molar-refractivity contribution in [1.82, 2.24) is 14.5 Å². The second-order valence-electron chi connectivity index (χ2n) is 4.40. The van der Waals surface area contributed by atoms with Gasteiger partial charge in [-0.3, -0.25) is 12.0 Å². The lowest BCUT2D eigenvalue weighted by Gasteiger charge is -2.26. The molecule has 1 aliphatic heterocycles. The van der Waals surface area contributed by atoms with Crippen molar-refractivity contribution >= 4 is 10.9 Å². The maximum Gasteiger partial charge on any atom is 0.0251 e. The number of fused-ring (bicyclic) bond motifs is 3. The van der Waals surface area contributed by atoms with Gasteiger partial charge in [-0.25, -0.2) is 0 Å². The first-order chi connectivity index (χ1) is 7.77. The molecule has 1 aliphatic rings. The van der Waals surface area contributed by atoms with Gasteiger partial charge in [0.15, 0.2) is 0 Å². The molecule has 0 aromatic carbocycles. The molecule has 3 heterocycles. The molecule has 0 N–H and O–H groups in total. The Morgan fingerprint density at radius 3 is 3.06 bits per heavy atom. The summed E-state index contributed by atoms with van der Waals surface area (Å²) in [4.78, 5) is 6.28. The number of hydrogen-bond acceptors (Lipinski definition) is 2. The smallest absolute Gasteiger partial charge is 0.0251 e. The minimum atomic E-state index is 0.882. The highest BCUT2D eigenvalue weighted by Gasteiger charge is 2.10. The second kappa shape index (κ2) is 3.52. The normalized spacial score (nSPS) is 17.3. The SMILES string of the molecule is [CH2-]N1CCCc2c(n([CH2-])c3cnccc23)C1. The van der Waals surface area contributed by atoms with Crippen LogP contribution < -0.4 is 0 Å². The fraction of sp³-hybridized carbons (Fsp3) is 0.308. The largest absolute Gasteiger partial charge is 0.482 e. The van der Waals surface area contributed by atoms with Crippen molar-refractivity contribution in [3.05, 3.63) is 43.8 Å². The van der Waals surface area contributed by atoms with Crippen molar-refractivity contribution in [2.75, 3.05) is 6.54 Å². The topological polar surface area (TPSA) is 21.1 Å². The minimum absolute atomic E-state index is 0.882. The Morgan fingerprint density at radius 1 is 1.31 bits per heavy atom. The zero-order valence-corrected chi connectivity index (χ0v) is 9.32. The number of aromatic nitrogens is 2. The van der Waals surface area contributed by atoms with E-state index in [1.165, 1.54) is 16.6 Å². The molecule has 0 spiro atoms. The van der Waals surface area contributed by atoms with Crippen LogP contribution in [-0.4, -0.2) is 21.0 Å². The zero-order chi connectivity index (χ0) is 11.1. The molecule has 2 aromatic heterocycles. The van der Waals surface area contributed by atoms with Gasteiger partial charge in [-0.15, -0.1) is 7.05 Å². The van der Waals surface area contributed by atoms with E-state index in [9.17, 15) is 0 Å². The Labute approximate surface area is 95.7 Å². The van der Waals surface area contributed by atoms with Gasteiger partial charge in [0.2, 0.25) is 0 Å². The van der Waals surface area contributed by atoms with Gasteiger partial charge in [-0.2, -0.15) is 0 Å². The van der Waals surface area contributed by atoms with Crippen molar-refractivity contribution in [3.8, 4) is 0 Å². The van der Waals surface area contributed by atoms with Gasteiger partial charge < -0.3 is 9.47 Å². The zero-order valence-electron chi connectivity index (χ0n) is 9.32. The lowest BCUT2D eigenvalue weighted by atomic mass is 10.1. The molecule has 0 bridgehead atoms. The summed E-state index contributed by atoms with van der Waals surface area (Å²) in [5.41, 5.74) is 3.84. The van der Waals surface area contributed by atoms with E-state index in [0.717, 1.165) is 31.4 Å². The van der Waals surface area contributed by atoms with Crippen LogP contribution in [0.4, 0.5) is 0 Å². The number of hydrogen-bond donors (Lipinski definition) is 0. The van der Waals surface area contributed by atoms with Gasteiger partial charge in [0.25, 0.3) is 0 Å². The monoisotopic (exact) mass is 213 g/mol. The molecule has 0 saturated carbocycles. The highest BCUT2D eigenvalue weighted by atomic mass is 15.1. The molecular weight excluding hydrogens is 198 g/mol. The predicted molar refractivity (Wildman–Crippen MR) is 64.6 cm³/mol. The van der Waals surface area contributed by atoms with E-state index in [2.05, 4.69) is 30.0 Å². The summed E-state index contributed by atoms with van der Waals surface area (Å²) in [6, 6.07) is 2.09. The molecule has 0 amide bonds. The first kappa shape index (κ1) is 9.73. The molecule has 0 unspecified atom stereocenters. The van der Waals surface area contributed by atoms with Crippen LogP contribution in [0.3, 0.4) is 0 Å². The average molecular weight is 213 g/mol. The Hall–Kier alpha value is -1.48. The molecule has 0 radical (unpaired) electrons. The van der Waals surface area contributed by atoms with E-state index >= 15 is 0 Å². The van der Waals surface area contributed by atoms with Crippen LogP contribution in [0.1, 0.15) is 17.7 Å². The van der Waals surface area contributed by atoms with E-state index in [1.807, 2.05) is 17.0 Å². The van der Waals surface area contributed by atoms with E-state index < -0.39 is 0 Å². The van der Waals surface area contributed by atoms with Gasteiger partial charge in [-0.05, 0) is 43.7 Å². The maximum absolute atomic E-state index is 4.17. The quantitative estimate of drug-likeness (QED) is 0.626. The first-order valence-electron chi connectivity index (χ1n) is 5.60. The molecule has 0 atom stereocenters. The van der Waals surface area contributed by atoms with Crippen molar-refractivity contribution < 1.29 is 0 Å². The van der Waals surface area contributed by atoms with Gasteiger partial charge in [-0.1, -0.05) is 16.6 Å². The van der Waals surface area contributed by atoms with Crippen molar-refractivity contribution in [2.24, 2.45) is 0 Å². The number of pyridine rings is 1. The Kier molecular flexibility index (Phi) is 2.14. The third-order valence-electron chi connectivity index (χ3n) is 3.36. The predicted octanol–water partition coefficient (Wildman–Crippen LogP) is 2.22. The van der Waals surface area contributed by atoms with Crippen molar-refractivity contribution in [2.45, 2.75) is 19.4 Å². The van der Waals surface area contributed by atoms with Crippen LogP contribution in [0.15, 0.2) is 18.5 Å². The van der Waals surface area contributed by atoms with Crippen LogP contribution in [0, 0.1) is 14.1 Å². The van der Waals surface area contributed by atoms with Crippen molar-refractivity contribution in [3.63, 3.8) is 0 Å². The highest BCUT2D eigenvalue weighted by molar-refractivity contribution is 5.85. The number of aryl methyl sites for hydroxylation is 1. The molecule has 84 valence electrons. The van der Waals surface area contributed by atoms with E-state index in [-0.39, 0.29) is 0 Å². The highest BCUT2D eigenvalue weighted by Crippen LogP contribution is 2.28. The third-order valence-corrected chi connectivity index (χ3v) is 3.36. The van der Waals surface area contributed by atoms with E-state index in [4.69, 9.17) is 0 Å². The molecule has 0 saturated heterocycles. The number of rotatable bonds is 0. The lowest BCUT2D eigenvalue weighted by Crippen LogP contribution is -2.16. The molecule has 0 fully saturated rings. The summed E-state index contributed by atoms with van der Waals surface area (Å²) >= 11 is 0. The average Bonchev–Trinajstić information content (AvgIpc) is 2.47. The van der Waals surface area contributed by atoms with Gasteiger partial charge in [0, 0.05) is 6.20 Å². The van der Waals surface area contributed by atoms with E-state index in [0.29, 0.717) is 0 Å². The summed E-state index contributed by atoms with van der Waals surface area (Å²) in [5, 5.41) is 1.30. The third kappa shape index (κ3) is 1.32. The van der Waals surface area contributed by atoms with Crippen LogP contribution in [0.5, 0.6) is 0 Å². The lowest BCUT2D eigenvalue weighted by molar-refractivity contribution is 0.363. The molecule has 3 heteroatoms. The Balaban J connectivity index is 2.27. The fourth-order valence-corrected chi connectivity index (χ4v) is 2.55. The first-order valence-corrected chi connectivity index (χ1v) is 5.60. The summed E-state index contributed by atoms with van der Waals surface area (Å²) in [5.74, 6) is 0. The van der Waals surface area contributed by atoms with Crippen LogP contribution in [0.25, 0.3) is 10.9 Å². The van der Waals surface area contributed by atoms with Crippen LogP contribution >= 0.6 is 0 Å². The Bertz CT molecular complexity index is 527. The summed E-state index contributed by atoms with van der Waals surface area (Å²) in [6.45, 7) is 1.94. The van der Waals surface area contributed by atoms with Crippen LogP contribution in [-0.2, 0) is 13.0 Å².